The van der Waals surface area contributed by atoms with Crippen LogP contribution in [0.5, 0.6) is 0 Å². The maximum Gasteiger partial charge on any atom is 0.348 e. The maximum absolute atomic E-state index is 11.3. The number of aromatic nitrogens is 1. The molecule has 2 rings (SSSR count). The number of hydrogen-bond acceptors (Lipinski definition) is 6. The lowest BCUT2D eigenvalue weighted by Gasteiger charge is -2.01. The minimum absolute atomic E-state index is 0.221. The van der Waals surface area contributed by atoms with E-state index in [-0.39, 0.29) is 5.82 Å². The number of fused-ring (bicyclic) bond motifs is 1. The molecule has 0 atom stereocenters. The highest BCUT2D eigenvalue weighted by Crippen LogP contribution is 2.26. The summed E-state index contributed by atoms with van der Waals surface area (Å²) >= 11 is 1.24. The number of ether oxygens (including phenoxy) is 1. The number of rotatable bonds is 3. The van der Waals surface area contributed by atoms with Crippen LogP contribution in [0.15, 0.2) is 18.2 Å². The second kappa shape index (κ2) is 4.54. The predicted molar refractivity (Wildman–Crippen MR) is 69.4 cm³/mol. The number of sulfonamides is 1. The van der Waals surface area contributed by atoms with Crippen LogP contribution in [-0.2, 0) is 14.8 Å². The van der Waals surface area contributed by atoms with E-state index >= 15 is 0 Å². The van der Waals surface area contributed by atoms with Gasteiger partial charge in [-0.3, -0.25) is 4.72 Å². The van der Waals surface area contributed by atoms with Gasteiger partial charge in [0, 0.05) is 0 Å². The third kappa shape index (κ3) is 2.77. The molecule has 0 saturated heterocycles. The first kappa shape index (κ1) is 12.8. The minimum Gasteiger partial charge on any atom is -0.465 e. The standard InChI is InChI=1S/C10H10N2O4S2/c1-16-10(13)8-5-6-7(17-8)3-4-9(11-6)12-18(2,14)15/h3-5H,1-2H3,(H,11,12). The van der Waals surface area contributed by atoms with E-state index in [1.165, 1.54) is 18.4 Å². The molecule has 6 nitrogen and oxygen atoms in total. The summed E-state index contributed by atoms with van der Waals surface area (Å²) in [7, 11) is -2.06. The summed E-state index contributed by atoms with van der Waals surface area (Å²) in [4.78, 5) is 15.9. The van der Waals surface area contributed by atoms with E-state index in [2.05, 4.69) is 14.4 Å². The van der Waals surface area contributed by atoms with Crippen molar-refractivity contribution < 1.29 is 17.9 Å². The van der Waals surface area contributed by atoms with Crippen molar-refractivity contribution in [1.29, 1.82) is 0 Å². The highest BCUT2D eigenvalue weighted by Gasteiger charge is 2.12. The molecule has 0 bridgehead atoms. The summed E-state index contributed by atoms with van der Waals surface area (Å²) in [6, 6.07) is 4.81. The number of methoxy groups -OCH3 is 1. The highest BCUT2D eigenvalue weighted by molar-refractivity contribution is 7.92. The molecule has 96 valence electrons. The van der Waals surface area contributed by atoms with Crippen LogP contribution in [0.25, 0.3) is 10.2 Å². The van der Waals surface area contributed by atoms with Gasteiger partial charge < -0.3 is 4.74 Å². The van der Waals surface area contributed by atoms with Crippen molar-refractivity contribution in [3.63, 3.8) is 0 Å². The molecular formula is C10H10N2O4S2. The first-order chi connectivity index (χ1) is 8.39. The second-order valence-corrected chi connectivity index (χ2v) is 6.39. The van der Waals surface area contributed by atoms with Gasteiger partial charge in [0.25, 0.3) is 0 Å². The average Bonchev–Trinajstić information content (AvgIpc) is 2.68. The van der Waals surface area contributed by atoms with Gasteiger partial charge in [-0.15, -0.1) is 11.3 Å². The monoisotopic (exact) mass is 286 g/mol. The highest BCUT2D eigenvalue weighted by atomic mass is 32.2. The molecule has 0 aliphatic carbocycles. The Hall–Kier alpha value is -1.67. The van der Waals surface area contributed by atoms with Gasteiger partial charge in [0.1, 0.15) is 10.7 Å². The number of nitrogens with one attached hydrogen (secondary N) is 1. The minimum atomic E-state index is -3.36. The zero-order valence-electron chi connectivity index (χ0n) is 9.63. The zero-order valence-corrected chi connectivity index (χ0v) is 11.3. The molecule has 8 heteroatoms. The topological polar surface area (TPSA) is 85.4 Å². The Kier molecular flexibility index (Phi) is 3.22. The fourth-order valence-electron chi connectivity index (χ4n) is 1.37. The molecule has 18 heavy (non-hydrogen) atoms. The van der Waals surface area contributed by atoms with Gasteiger partial charge in [0.2, 0.25) is 10.0 Å². The summed E-state index contributed by atoms with van der Waals surface area (Å²) in [5, 5.41) is 0. The van der Waals surface area contributed by atoms with Crippen molar-refractivity contribution in [2.45, 2.75) is 0 Å². The molecule has 0 radical (unpaired) electrons. The van der Waals surface area contributed by atoms with E-state index in [4.69, 9.17) is 0 Å². The van der Waals surface area contributed by atoms with Crippen molar-refractivity contribution in [2.75, 3.05) is 18.1 Å². The summed E-state index contributed by atoms with van der Waals surface area (Å²) in [5.41, 5.74) is 0.550. The number of thiophene rings is 1. The van der Waals surface area contributed by atoms with Gasteiger partial charge in [-0.05, 0) is 18.2 Å². The molecule has 1 N–H and O–H groups in total. The molecule has 0 spiro atoms. The normalized spacial score (nSPS) is 11.4. The fourth-order valence-corrected chi connectivity index (χ4v) is 2.78. The Balaban J connectivity index is 2.42. The van der Waals surface area contributed by atoms with Crippen LogP contribution < -0.4 is 4.72 Å². The van der Waals surface area contributed by atoms with Gasteiger partial charge in [-0.2, -0.15) is 0 Å². The molecule has 2 aromatic heterocycles. The molecule has 0 unspecified atom stereocenters. The number of carbonyl (C=O) groups is 1. The number of hydrogen-bond donors (Lipinski definition) is 1. The molecule has 0 saturated carbocycles. The van der Waals surface area contributed by atoms with Crippen LogP contribution in [0.2, 0.25) is 0 Å². The van der Waals surface area contributed by atoms with Gasteiger partial charge in [0.15, 0.2) is 0 Å². The number of carbonyl (C=O) groups excluding carboxylic acids is 1. The van der Waals surface area contributed by atoms with Crippen LogP contribution in [-0.4, -0.2) is 32.7 Å². The predicted octanol–water partition coefficient (Wildman–Crippen LogP) is 1.45. The number of pyridine rings is 1. The first-order valence-corrected chi connectivity index (χ1v) is 7.56. The molecule has 0 aromatic carbocycles. The van der Waals surface area contributed by atoms with Crippen molar-refractivity contribution >= 4 is 43.4 Å². The van der Waals surface area contributed by atoms with Crippen molar-refractivity contribution in [3.8, 4) is 0 Å². The quantitative estimate of drug-likeness (QED) is 0.863. The SMILES string of the molecule is COC(=O)c1cc2nc(NS(C)(=O)=O)ccc2s1. The summed E-state index contributed by atoms with van der Waals surface area (Å²) < 4.78 is 29.8. The van der Waals surface area contributed by atoms with Crippen LogP contribution in [0.4, 0.5) is 5.82 Å². The molecule has 0 aliphatic heterocycles. The Morgan fingerprint density at radius 3 is 2.78 bits per heavy atom. The molecule has 0 amide bonds. The molecule has 0 fully saturated rings. The lowest BCUT2D eigenvalue weighted by atomic mass is 10.3. The smallest absolute Gasteiger partial charge is 0.348 e. The van der Waals surface area contributed by atoms with Gasteiger partial charge in [0.05, 0.1) is 23.6 Å². The Morgan fingerprint density at radius 2 is 2.17 bits per heavy atom. The maximum atomic E-state index is 11.3. The lowest BCUT2D eigenvalue weighted by Crippen LogP contribution is -2.10. The van der Waals surface area contributed by atoms with E-state index < -0.39 is 16.0 Å². The second-order valence-electron chi connectivity index (χ2n) is 3.56. The third-order valence-corrected chi connectivity index (χ3v) is 3.70. The average molecular weight is 286 g/mol. The largest absolute Gasteiger partial charge is 0.465 e. The van der Waals surface area contributed by atoms with E-state index in [1.807, 2.05) is 0 Å². The number of esters is 1. The molecule has 2 heterocycles. The van der Waals surface area contributed by atoms with Crippen LogP contribution in [0.3, 0.4) is 0 Å². The van der Waals surface area contributed by atoms with Crippen LogP contribution in [0, 0.1) is 0 Å². The fraction of sp³-hybridized carbons (Fsp3) is 0.200. The Morgan fingerprint density at radius 1 is 1.44 bits per heavy atom. The first-order valence-electron chi connectivity index (χ1n) is 4.86. The van der Waals surface area contributed by atoms with Crippen molar-refractivity contribution in [1.82, 2.24) is 4.98 Å². The lowest BCUT2D eigenvalue weighted by molar-refractivity contribution is 0.0606. The van der Waals surface area contributed by atoms with E-state index in [9.17, 15) is 13.2 Å². The number of anilines is 1. The Bertz CT molecular complexity index is 706. The van der Waals surface area contributed by atoms with Crippen LogP contribution in [0.1, 0.15) is 9.67 Å². The molecular weight excluding hydrogens is 276 g/mol. The Labute approximate surface area is 108 Å². The molecule has 0 aliphatic rings. The van der Waals surface area contributed by atoms with E-state index in [0.29, 0.717) is 10.4 Å². The molecule has 2 aromatic rings. The van der Waals surface area contributed by atoms with Gasteiger partial charge >= 0.3 is 5.97 Å². The number of nitrogens with zero attached hydrogens (tertiary/aromatic N) is 1. The van der Waals surface area contributed by atoms with Crippen LogP contribution >= 0.6 is 11.3 Å². The van der Waals surface area contributed by atoms with Crippen molar-refractivity contribution in [3.05, 3.63) is 23.1 Å². The van der Waals surface area contributed by atoms with Gasteiger partial charge in [-0.1, -0.05) is 0 Å². The summed E-state index contributed by atoms with van der Waals surface area (Å²) in [6.07, 6.45) is 1.05. The third-order valence-electron chi connectivity index (χ3n) is 2.05. The van der Waals surface area contributed by atoms with Crippen molar-refractivity contribution in [2.24, 2.45) is 0 Å². The zero-order chi connectivity index (χ0) is 13.3. The van der Waals surface area contributed by atoms with E-state index in [1.54, 1.807) is 18.2 Å². The summed E-state index contributed by atoms with van der Waals surface area (Å²) in [5.74, 6) is -0.213. The summed E-state index contributed by atoms with van der Waals surface area (Å²) in [6.45, 7) is 0. The van der Waals surface area contributed by atoms with Gasteiger partial charge in [-0.25, -0.2) is 18.2 Å². The van der Waals surface area contributed by atoms with E-state index in [0.717, 1.165) is 11.0 Å².